The summed E-state index contributed by atoms with van der Waals surface area (Å²) in [5, 5.41) is 18.8. The van der Waals surface area contributed by atoms with Gasteiger partial charge in [0.1, 0.15) is 6.42 Å². The molecule has 2 N–H and O–H groups in total. The van der Waals surface area contributed by atoms with E-state index >= 15 is 0 Å². The van der Waals surface area contributed by atoms with Gasteiger partial charge in [0.15, 0.2) is 0 Å². The van der Waals surface area contributed by atoms with Crippen molar-refractivity contribution in [1.29, 1.82) is 0 Å². The average molecular weight is 246 g/mol. The fourth-order valence-corrected chi connectivity index (χ4v) is 1.37. The Labute approximate surface area is 102 Å². The zero-order valence-electron chi connectivity index (χ0n) is 9.28. The number of carbonyl (C=O) groups excluding carboxylic acids is 1. The van der Waals surface area contributed by atoms with Gasteiger partial charge in [0.25, 0.3) is 0 Å². The number of nitrogens with zero attached hydrogens (tertiary/aromatic N) is 3. The van der Waals surface area contributed by atoms with Gasteiger partial charge in [-0.15, -0.1) is 0 Å². The molecular weight excluding hydrogens is 236 g/mol. The van der Waals surface area contributed by atoms with Gasteiger partial charge in [-0.3, -0.25) is 9.59 Å². The number of carboxylic acids is 1. The molecule has 0 fully saturated rings. The Morgan fingerprint density at radius 3 is 2.33 bits per heavy atom. The number of anilines is 1. The second-order valence-electron chi connectivity index (χ2n) is 3.48. The number of hydrogen-bond donors (Lipinski definition) is 2. The first-order chi connectivity index (χ1) is 8.65. The number of carboxylic acid groups (broad SMARTS) is 1. The third-order valence-corrected chi connectivity index (χ3v) is 2.11. The van der Waals surface area contributed by atoms with E-state index in [9.17, 15) is 9.59 Å². The Morgan fingerprint density at radius 1 is 1.17 bits per heavy atom. The summed E-state index contributed by atoms with van der Waals surface area (Å²) in [5.41, 5.74) is 1.27. The smallest absolute Gasteiger partial charge is 0.312 e. The van der Waals surface area contributed by atoms with Gasteiger partial charge in [-0.05, 0) is 24.3 Å². The van der Waals surface area contributed by atoms with Crippen LogP contribution in [-0.2, 0) is 9.59 Å². The lowest BCUT2D eigenvalue weighted by molar-refractivity contribution is -0.139. The maximum Gasteiger partial charge on any atom is 0.312 e. The highest BCUT2D eigenvalue weighted by atomic mass is 16.4. The Balaban J connectivity index is 2.04. The number of hydrogen-bond acceptors (Lipinski definition) is 4. The van der Waals surface area contributed by atoms with Gasteiger partial charge in [-0.1, -0.05) is 0 Å². The summed E-state index contributed by atoms with van der Waals surface area (Å²) in [4.78, 5) is 23.0. The minimum Gasteiger partial charge on any atom is -0.481 e. The minimum atomic E-state index is -1.16. The Hall–Kier alpha value is -2.70. The molecule has 7 heteroatoms. The normalized spacial score (nSPS) is 10.0. The van der Waals surface area contributed by atoms with Crippen LogP contribution >= 0.6 is 0 Å². The molecular formula is C11H10N4O3. The van der Waals surface area contributed by atoms with Crippen LogP contribution in [0.1, 0.15) is 6.42 Å². The van der Waals surface area contributed by atoms with Crippen LogP contribution in [0, 0.1) is 0 Å². The maximum atomic E-state index is 11.2. The fraction of sp³-hybridized carbons (Fsp3) is 0.0909. The largest absolute Gasteiger partial charge is 0.481 e. The molecule has 1 aromatic carbocycles. The molecule has 0 spiro atoms. The first-order valence-electron chi connectivity index (χ1n) is 5.13. The number of rotatable bonds is 4. The van der Waals surface area contributed by atoms with Gasteiger partial charge in [-0.25, -0.2) is 0 Å². The zero-order valence-corrected chi connectivity index (χ0v) is 9.28. The third-order valence-electron chi connectivity index (χ3n) is 2.11. The lowest BCUT2D eigenvalue weighted by Gasteiger charge is -2.04. The molecule has 1 aromatic heterocycles. The van der Waals surface area contributed by atoms with Crippen molar-refractivity contribution in [3.05, 3.63) is 36.7 Å². The monoisotopic (exact) mass is 246 g/mol. The Kier molecular flexibility index (Phi) is 3.33. The number of aliphatic carboxylic acids is 1. The van der Waals surface area contributed by atoms with E-state index in [-0.39, 0.29) is 0 Å². The van der Waals surface area contributed by atoms with E-state index in [1.807, 2.05) is 0 Å². The third kappa shape index (κ3) is 2.91. The quantitative estimate of drug-likeness (QED) is 0.773. The van der Waals surface area contributed by atoms with Crippen LogP contribution in [0.3, 0.4) is 0 Å². The van der Waals surface area contributed by atoms with E-state index in [0.29, 0.717) is 5.69 Å². The molecule has 0 unspecified atom stereocenters. The zero-order chi connectivity index (χ0) is 13.0. The molecule has 7 nitrogen and oxygen atoms in total. The van der Waals surface area contributed by atoms with Crippen molar-refractivity contribution in [2.24, 2.45) is 0 Å². The van der Waals surface area contributed by atoms with Gasteiger partial charge in [0, 0.05) is 5.69 Å². The summed E-state index contributed by atoms with van der Waals surface area (Å²) < 4.78 is 0. The lowest BCUT2D eigenvalue weighted by atomic mass is 10.2. The van der Waals surface area contributed by atoms with E-state index in [1.165, 1.54) is 4.80 Å². The van der Waals surface area contributed by atoms with Crippen LogP contribution in [-0.4, -0.2) is 32.0 Å². The molecule has 92 valence electrons. The van der Waals surface area contributed by atoms with Crippen molar-refractivity contribution >= 4 is 17.6 Å². The molecule has 0 aliphatic rings. The minimum absolute atomic E-state index is 0.525. The number of amides is 1. The molecule has 0 bridgehead atoms. The van der Waals surface area contributed by atoms with Gasteiger partial charge >= 0.3 is 5.97 Å². The Bertz CT molecular complexity index is 548. The SMILES string of the molecule is O=C(O)CC(=O)Nc1ccc(-n2nccn2)cc1. The molecule has 1 amide bonds. The van der Waals surface area contributed by atoms with Crippen molar-refractivity contribution < 1.29 is 14.7 Å². The Morgan fingerprint density at radius 2 is 1.78 bits per heavy atom. The highest BCUT2D eigenvalue weighted by Crippen LogP contribution is 2.11. The van der Waals surface area contributed by atoms with Gasteiger partial charge in [-0.2, -0.15) is 15.0 Å². The second-order valence-corrected chi connectivity index (χ2v) is 3.48. The highest BCUT2D eigenvalue weighted by Gasteiger charge is 2.07. The number of aromatic nitrogens is 3. The number of benzene rings is 1. The standard InChI is InChI=1S/C11H10N4O3/c16-10(7-11(17)18)14-8-1-3-9(4-2-8)15-12-5-6-13-15/h1-6H,7H2,(H,14,16)(H,17,18). The summed E-state index contributed by atoms with van der Waals surface area (Å²) in [6.07, 6.45) is 2.56. The molecule has 0 saturated carbocycles. The molecule has 2 rings (SSSR count). The second kappa shape index (κ2) is 5.09. The van der Waals surface area contributed by atoms with Crippen LogP contribution in [0.4, 0.5) is 5.69 Å². The summed E-state index contributed by atoms with van der Waals surface area (Å²) in [7, 11) is 0. The summed E-state index contributed by atoms with van der Waals surface area (Å²) in [5.74, 6) is -1.72. The van der Waals surface area contributed by atoms with Gasteiger partial charge in [0.05, 0.1) is 18.1 Å². The molecule has 0 radical (unpaired) electrons. The van der Waals surface area contributed by atoms with Crippen molar-refractivity contribution in [2.45, 2.75) is 6.42 Å². The van der Waals surface area contributed by atoms with Crippen molar-refractivity contribution in [2.75, 3.05) is 5.32 Å². The van der Waals surface area contributed by atoms with Crippen LogP contribution in [0.15, 0.2) is 36.7 Å². The summed E-state index contributed by atoms with van der Waals surface area (Å²) in [6, 6.07) is 6.74. The number of carbonyl (C=O) groups is 2. The molecule has 0 saturated heterocycles. The lowest BCUT2D eigenvalue weighted by Crippen LogP contribution is -2.15. The molecule has 18 heavy (non-hydrogen) atoms. The van der Waals surface area contributed by atoms with Crippen LogP contribution in [0.5, 0.6) is 0 Å². The van der Waals surface area contributed by atoms with Crippen molar-refractivity contribution in [3.63, 3.8) is 0 Å². The first kappa shape index (κ1) is 11.8. The maximum absolute atomic E-state index is 11.2. The van der Waals surface area contributed by atoms with Crippen LogP contribution in [0.2, 0.25) is 0 Å². The average Bonchev–Trinajstić information content (AvgIpc) is 2.82. The molecule has 0 atom stereocenters. The molecule has 2 aromatic rings. The first-order valence-corrected chi connectivity index (χ1v) is 5.13. The topological polar surface area (TPSA) is 97.1 Å². The molecule has 0 aliphatic carbocycles. The number of nitrogens with one attached hydrogen (secondary N) is 1. The molecule has 0 aliphatic heterocycles. The summed E-state index contributed by atoms with van der Waals surface area (Å²) >= 11 is 0. The van der Waals surface area contributed by atoms with E-state index in [1.54, 1.807) is 36.7 Å². The van der Waals surface area contributed by atoms with Crippen LogP contribution < -0.4 is 5.32 Å². The summed E-state index contributed by atoms with van der Waals surface area (Å²) in [6.45, 7) is 0. The van der Waals surface area contributed by atoms with Crippen LogP contribution in [0.25, 0.3) is 5.69 Å². The predicted molar refractivity (Wildman–Crippen MR) is 62.2 cm³/mol. The fourth-order valence-electron chi connectivity index (χ4n) is 1.37. The molecule has 1 heterocycles. The van der Waals surface area contributed by atoms with Gasteiger partial charge in [0.2, 0.25) is 5.91 Å². The highest BCUT2D eigenvalue weighted by molar-refractivity contribution is 6.01. The van der Waals surface area contributed by atoms with E-state index in [0.717, 1.165) is 5.69 Å². The van der Waals surface area contributed by atoms with E-state index in [2.05, 4.69) is 15.5 Å². The van der Waals surface area contributed by atoms with Crippen molar-refractivity contribution in [1.82, 2.24) is 15.0 Å². The van der Waals surface area contributed by atoms with Crippen molar-refractivity contribution in [3.8, 4) is 5.69 Å². The van der Waals surface area contributed by atoms with E-state index in [4.69, 9.17) is 5.11 Å². The van der Waals surface area contributed by atoms with Gasteiger partial charge < -0.3 is 10.4 Å². The predicted octanol–water partition coefficient (Wildman–Crippen LogP) is 0.681. The van der Waals surface area contributed by atoms with E-state index < -0.39 is 18.3 Å².